The molecule has 0 bridgehead atoms. The highest BCUT2D eigenvalue weighted by Crippen LogP contribution is 2.32. The molecule has 1 aromatic carbocycles. The lowest BCUT2D eigenvalue weighted by Gasteiger charge is -2.32. The van der Waals surface area contributed by atoms with Crippen molar-refractivity contribution in [1.29, 1.82) is 0 Å². The van der Waals surface area contributed by atoms with Gasteiger partial charge in [-0.2, -0.15) is 0 Å². The molecule has 2 rings (SSSR count). The topological polar surface area (TPSA) is 12.0 Å². The normalized spacial score (nSPS) is 24.9. The maximum atomic E-state index is 6.16. The largest absolute Gasteiger partial charge is 0.381 e. The average molecular weight is 252 g/mol. The maximum Gasteiger partial charge on any atom is 0.0637 e. The lowest BCUT2D eigenvalue weighted by molar-refractivity contribution is 0.267. The zero-order chi connectivity index (χ0) is 12.3. The molecular weight excluding hydrogens is 230 g/mol. The second kappa shape index (κ2) is 5.77. The Kier molecular flexibility index (Phi) is 4.33. The van der Waals surface area contributed by atoms with Crippen LogP contribution in [-0.4, -0.2) is 6.04 Å². The van der Waals surface area contributed by atoms with E-state index in [2.05, 4.69) is 25.2 Å². The molecule has 0 spiro atoms. The molecule has 1 aliphatic carbocycles. The Hall–Kier alpha value is -0.690. The first-order chi connectivity index (χ1) is 8.16. The van der Waals surface area contributed by atoms with Crippen LogP contribution in [0.15, 0.2) is 24.3 Å². The summed E-state index contributed by atoms with van der Waals surface area (Å²) in [6.07, 6.45) is 5.24. The van der Waals surface area contributed by atoms with Gasteiger partial charge in [0.15, 0.2) is 0 Å². The molecule has 0 aromatic heterocycles. The fourth-order valence-electron chi connectivity index (χ4n) is 2.73. The van der Waals surface area contributed by atoms with Crippen LogP contribution in [0.4, 0.5) is 5.69 Å². The van der Waals surface area contributed by atoms with Gasteiger partial charge in [-0.15, -0.1) is 0 Å². The molecule has 0 radical (unpaired) electrons. The number of rotatable bonds is 3. The molecule has 0 atom stereocenters. The van der Waals surface area contributed by atoms with Crippen LogP contribution in [0.1, 0.15) is 39.5 Å². The fourth-order valence-corrected chi connectivity index (χ4v) is 2.92. The second-order valence-electron chi connectivity index (χ2n) is 5.48. The van der Waals surface area contributed by atoms with Crippen LogP contribution in [0, 0.1) is 11.8 Å². The summed E-state index contributed by atoms with van der Waals surface area (Å²) < 4.78 is 0. The van der Waals surface area contributed by atoms with Gasteiger partial charge in [0, 0.05) is 6.04 Å². The van der Waals surface area contributed by atoms with Gasteiger partial charge in [-0.25, -0.2) is 0 Å². The fraction of sp³-hybridized carbons (Fsp3) is 0.600. The van der Waals surface area contributed by atoms with Gasteiger partial charge in [-0.3, -0.25) is 0 Å². The summed E-state index contributed by atoms with van der Waals surface area (Å²) in [5.74, 6) is 1.75. The minimum Gasteiger partial charge on any atom is -0.381 e. The van der Waals surface area contributed by atoms with Crippen LogP contribution in [0.2, 0.25) is 5.02 Å². The Labute approximate surface area is 110 Å². The van der Waals surface area contributed by atoms with Crippen molar-refractivity contribution in [3.63, 3.8) is 0 Å². The van der Waals surface area contributed by atoms with E-state index in [0.29, 0.717) is 6.04 Å². The number of nitrogens with one attached hydrogen (secondary N) is 1. The van der Waals surface area contributed by atoms with Crippen molar-refractivity contribution >= 4 is 17.3 Å². The highest BCUT2D eigenvalue weighted by molar-refractivity contribution is 6.33. The van der Waals surface area contributed by atoms with Gasteiger partial charge in [0.05, 0.1) is 10.7 Å². The molecule has 0 heterocycles. The van der Waals surface area contributed by atoms with Crippen LogP contribution >= 0.6 is 11.6 Å². The highest BCUT2D eigenvalue weighted by atomic mass is 35.5. The Morgan fingerprint density at radius 1 is 1.12 bits per heavy atom. The Morgan fingerprint density at radius 3 is 2.35 bits per heavy atom. The zero-order valence-corrected chi connectivity index (χ0v) is 11.5. The molecule has 0 amide bonds. The summed E-state index contributed by atoms with van der Waals surface area (Å²) in [7, 11) is 0. The van der Waals surface area contributed by atoms with Crippen LogP contribution in [0.25, 0.3) is 0 Å². The predicted octanol–water partition coefficient (Wildman–Crippen LogP) is 4.97. The molecule has 1 aromatic rings. The number of hydrogen-bond acceptors (Lipinski definition) is 1. The second-order valence-corrected chi connectivity index (χ2v) is 5.89. The van der Waals surface area contributed by atoms with Crippen LogP contribution < -0.4 is 5.32 Å². The molecule has 1 aliphatic rings. The lowest BCUT2D eigenvalue weighted by Crippen LogP contribution is -2.27. The van der Waals surface area contributed by atoms with E-state index in [1.54, 1.807) is 0 Å². The van der Waals surface area contributed by atoms with Crippen molar-refractivity contribution in [1.82, 2.24) is 0 Å². The molecule has 1 saturated carbocycles. The first kappa shape index (κ1) is 12.8. The van der Waals surface area contributed by atoms with Gasteiger partial charge >= 0.3 is 0 Å². The summed E-state index contributed by atoms with van der Waals surface area (Å²) in [5.41, 5.74) is 1.09. The monoisotopic (exact) mass is 251 g/mol. The molecule has 17 heavy (non-hydrogen) atoms. The van der Waals surface area contributed by atoms with Crippen molar-refractivity contribution in [2.75, 3.05) is 5.32 Å². The van der Waals surface area contributed by atoms with Gasteiger partial charge in [-0.05, 0) is 49.7 Å². The molecule has 0 saturated heterocycles. The van der Waals surface area contributed by atoms with Crippen molar-refractivity contribution in [3.8, 4) is 0 Å². The van der Waals surface area contributed by atoms with E-state index >= 15 is 0 Å². The van der Waals surface area contributed by atoms with E-state index in [9.17, 15) is 0 Å². The zero-order valence-electron chi connectivity index (χ0n) is 10.7. The van der Waals surface area contributed by atoms with Crippen LogP contribution in [0.3, 0.4) is 0 Å². The molecule has 1 N–H and O–H groups in total. The quantitative estimate of drug-likeness (QED) is 0.800. The molecule has 0 aliphatic heterocycles. The third-order valence-corrected chi connectivity index (χ3v) is 4.28. The van der Waals surface area contributed by atoms with E-state index in [0.717, 1.165) is 22.5 Å². The molecule has 0 unspecified atom stereocenters. The van der Waals surface area contributed by atoms with Crippen LogP contribution in [0.5, 0.6) is 0 Å². The van der Waals surface area contributed by atoms with Crippen molar-refractivity contribution in [2.24, 2.45) is 11.8 Å². The molecule has 2 heteroatoms. The van der Waals surface area contributed by atoms with E-state index in [1.807, 2.05) is 18.2 Å². The summed E-state index contributed by atoms with van der Waals surface area (Å²) >= 11 is 6.16. The minimum atomic E-state index is 0.602. The first-order valence-electron chi connectivity index (χ1n) is 6.68. The van der Waals surface area contributed by atoms with E-state index in [-0.39, 0.29) is 0 Å². The van der Waals surface area contributed by atoms with Crippen molar-refractivity contribution < 1.29 is 0 Å². The van der Waals surface area contributed by atoms with Gasteiger partial charge in [-0.1, -0.05) is 37.6 Å². The molecule has 94 valence electrons. The smallest absolute Gasteiger partial charge is 0.0637 e. The maximum absolute atomic E-state index is 6.16. The van der Waals surface area contributed by atoms with Crippen molar-refractivity contribution in [3.05, 3.63) is 29.3 Å². The minimum absolute atomic E-state index is 0.602. The lowest BCUT2D eigenvalue weighted by atomic mass is 9.79. The number of para-hydroxylation sites is 1. The third kappa shape index (κ3) is 3.38. The number of anilines is 1. The van der Waals surface area contributed by atoms with E-state index in [4.69, 9.17) is 11.6 Å². The third-order valence-electron chi connectivity index (χ3n) is 3.95. The van der Waals surface area contributed by atoms with Gasteiger partial charge in [0.1, 0.15) is 0 Å². The number of benzene rings is 1. The van der Waals surface area contributed by atoms with Crippen molar-refractivity contribution in [2.45, 2.75) is 45.6 Å². The average Bonchev–Trinajstić information content (AvgIpc) is 2.33. The SMILES string of the molecule is CC(C)C1CCC(Nc2ccccc2Cl)CC1. The predicted molar refractivity (Wildman–Crippen MR) is 75.7 cm³/mol. The van der Waals surface area contributed by atoms with Gasteiger partial charge in [0.2, 0.25) is 0 Å². The van der Waals surface area contributed by atoms with Gasteiger partial charge < -0.3 is 5.32 Å². The first-order valence-corrected chi connectivity index (χ1v) is 7.05. The molecule has 1 fully saturated rings. The summed E-state index contributed by atoms with van der Waals surface area (Å²) in [6.45, 7) is 4.68. The standard InChI is InChI=1S/C15H22ClN/c1-11(2)12-7-9-13(10-8-12)17-15-6-4-3-5-14(15)16/h3-6,11-13,17H,7-10H2,1-2H3. The van der Waals surface area contributed by atoms with E-state index in [1.165, 1.54) is 25.7 Å². The van der Waals surface area contributed by atoms with E-state index < -0.39 is 0 Å². The Balaban J connectivity index is 1.88. The molecular formula is C15H22ClN. The summed E-state index contributed by atoms with van der Waals surface area (Å²) in [4.78, 5) is 0. The highest BCUT2D eigenvalue weighted by Gasteiger charge is 2.23. The Bertz CT molecular complexity index is 354. The number of halogens is 1. The number of hydrogen-bond donors (Lipinski definition) is 1. The molecule has 1 nitrogen and oxygen atoms in total. The van der Waals surface area contributed by atoms with Gasteiger partial charge in [0.25, 0.3) is 0 Å². The summed E-state index contributed by atoms with van der Waals surface area (Å²) in [6, 6.07) is 8.63. The Morgan fingerprint density at radius 2 is 1.76 bits per heavy atom. The van der Waals surface area contributed by atoms with Crippen LogP contribution in [-0.2, 0) is 0 Å². The summed E-state index contributed by atoms with van der Waals surface area (Å²) in [5, 5.41) is 4.41.